The lowest BCUT2D eigenvalue weighted by Gasteiger charge is -2.54. The van der Waals surface area contributed by atoms with Crippen molar-refractivity contribution in [1.82, 2.24) is 9.80 Å². The zero-order chi connectivity index (χ0) is 13.2. The van der Waals surface area contributed by atoms with Crippen LogP contribution in [0.25, 0.3) is 0 Å². The number of rotatable bonds is 3. The number of hydrogen-bond acceptors (Lipinski definition) is 3. The largest absolute Gasteiger partial charge is 0.329 e. The zero-order valence-electron chi connectivity index (χ0n) is 12.5. The predicted octanol–water partition coefficient (Wildman–Crippen LogP) is 1.92. The van der Waals surface area contributed by atoms with Crippen LogP contribution >= 0.6 is 0 Å². The molecular weight excluding hydrogens is 222 g/mol. The molecule has 0 radical (unpaired) electrons. The van der Waals surface area contributed by atoms with E-state index in [1.165, 1.54) is 51.9 Å². The Morgan fingerprint density at radius 1 is 1.22 bits per heavy atom. The van der Waals surface area contributed by atoms with Crippen LogP contribution in [0.5, 0.6) is 0 Å². The Hall–Kier alpha value is -0.120. The Morgan fingerprint density at radius 2 is 2.00 bits per heavy atom. The molecule has 0 bridgehead atoms. The molecule has 0 aromatic carbocycles. The third-order valence-corrected chi connectivity index (χ3v) is 5.57. The minimum absolute atomic E-state index is 0.298. The molecule has 0 amide bonds. The van der Waals surface area contributed by atoms with E-state index in [1.807, 2.05) is 0 Å². The maximum atomic E-state index is 6.22. The number of nitrogens with two attached hydrogens (primary N) is 1. The Bertz CT molecular complexity index is 268. The standard InChI is InChI=1S/C15H31N3/c1-4-17-9-10-18(11-14(17)3)15(12-16)8-6-5-7-13(15)2/h13-14H,4-12,16H2,1-3H3. The summed E-state index contributed by atoms with van der Waals surface area (Å²) in [6.07, 6.45) is 5.43. The van der Waals surface area contributed by atoms with Crippen molar-refractivity contribution in [3.05, 3.63) is 0 Å². The van der Waals surface area contributed by atoms with Crippen LogP contribution in [0, 0.1) is 5.92 Å². The van der Waals surface area contributed by atoms with Gasteiger partial charge >= 0.3 is 0 Å². The van der Waals surface area contributed by atoms with Crippen molar-refractivity contribution in [3.8, 4) is 0 Å². The van der Waals surface area contributed by atoms with Gasteiger partial charge < -0.3 is 5.73 Å². The molecule has 1 saturated carbocycles. The van der Waals surface area contributed by atoms with Gasteiger partial charge in [-0.1, -0.05) is 26.7 Å². The number of nitrogens with zero attached hydrogens (tertiary/aromatic N) is 2. The van der Waals surface area contributed by atoms with E-state index >= 15 is 0 Å². The summed E-state index contributed by atoms with van der Waals surface area (Å²) in [6.45, 7) is 12.7. The highest BCUT2D eigenvalue weighted by molar-refractivity contribution is 5.00. The van der Waals surface area contributed by atoms with Gasteiger partial charge in [0.25, 0.3) is 0 Å². The minimum Gasteiger partial charge on any atom is -0.329 e. The van der Waals surface area contributed by atoms with E-state index in [9.17, 15) is 0 Å². The van der Waals surface area contributed by atoms with E-state index in [-0.39, 0.29) is 0 Å². The van der Waals surface area contributed by atoms with Crippen molar-refractivity contribution in [2.45, 2.75) is 58.0 Å². The monoisotopic (exact) mass is 253 g/mol. The molecule has 1 aliphatic carbocycles. The van der Waals surface area contributed by atoms with E-state index in [1.54, 1.807) is 0 Å². The lowest BCUT2D eigenvalue weighted by molar-refractivity contribution is -0.0359. The summed E-state index contributed by atoms with van der Waals surface area (Å²) in [5.74, 6) is 0.761. The first-order valence-corrected chi connectivity index (χ1v) is 7.83. The van der Waals surface area contributed by atoms with Crippen LogP contribution in [0.2, 0.25) is 0 Å². The molecule has 3 nitrogen and oxygen atoms in total. The summed E-state index contributed by atoms with van der Waals surface area (Å²) in [6, 6.07) is 0.682. The SMILES string of the molecule is CCN1CCN(C2(CN)CCCCC2C)CC1C. The first kappa shape index (κ1) is 14.3. The molecular formula is C15H31N3. The molecule has 2 aliphatic rings. The quantitative estimate of drug-likeness (QED) is 0.834. The van der Waals surface area contributed by atoms with Crippen LogP contribution < -0.4 is 5.73 Å². The van der Waals surface area contributed by atoms with Crippen molar-refractivity contribution in [1.29, 1.82) is 0 Å². The molecule has 1 heterocycles. The van der Waals surface area contributed by atoms with Crippen molar-refractivity contribution in [3.63, 3.8) is 0 Å². The molecule has 2 rings (SSSR count). The lowest BCUT2D eigenvalue weighted by atomic mass is 9.72. The lowest BCUT2D eigenvalue weighted by Crippen LogP contribution is -2.65. The molecule has 3 unspecified atom stereocenters. The second-order valence-corrected chi connectivity index (χ2v) is 6.38. The number of likely N-dealkylation sites (N-methyl/N-ethyl adjacent to an activating group) is 1. The third-order valence-electron chi connectivity index (χ3n) is 5.57. The normalized spacial score (nSPS) is 40.0. The molecule has 18 heavy (non-hydrogen) atoms. The molecule has 2 fully saturated rings. The maximum Gasteiger partial charge on any atom is 0.0358 e. The Kier molecular flexibility index (Phi) is 4.68. The van der Waals surface area contributed by atoms with Gasteiger partial charge in [-0.05, 0) is 32.2 Å². The van der Waals surface area contributed by atoms with E-state index in [0.29, 0.717) is 11.6 Å². The highest BCUT2D eigenvalue weighted by atomic mass is 15.3. The summed E-state index contributed by atoms with van der Waals surface area (Å²) in [4.78, 5) is 5.32. The fourth-order valence-electron chi connectivity index (χ4n) is 4.17. The molecule has 0 aromatic heterocycles. The van der Waals surface area contributed by atoms with Crippen molar-refractivity contribution in [2.24, 2.45) is 11.7 Å². The second kappa shape index (κ2) is 5.89. The van der Waals surface area contributed by atoms with Gasteiger partial charge in [-0.15, -0.1) is 0 Å². The van der Waals surface area contributed by atoms with Crippen LogP contribution in [-0.4, -0.2) is 54.1 Å². The van der Waals surface area contributed by atoms with E-state index in [0.717, 1.165) is 12.5 Å². The second-order valence-electron chi connectivity index (χ2n) is 6.38. The summed E-state index contributed by atoms with van der Waals surface area (Å²) < 4.78 is 0. The molecule has 0 aromatic rings. The number of hydrogen-bond donors (Lipinski definition) is 1. The summed E-state index contributed by atoms with van der Waals surface area (Å²) in [5, 5.41) is 0. The van der Waals surface area contributed by atoms with Crippen LogP contribution in [0.15, 0.2) is 0 Å². The Balaban J connectivity index is 2.09. The molecule has 1 saturated heterocycles. The van der Waals surface area contributed by atoms with E-state index < -0.39 is 0 Å². The molecule has 3 atom stereocenters. The van der Waals surface area contributed by atoms with Crippen LogP contribution in [0.4, 0.5) is 0 Å². The first-order valence-electron chi connectivity index (χ1n) is 7.83. The molecule has 1 aliphatic heterocycles. The van der Waals surface area contributed by atoms with Gasteiger partial charge in [-0.25, -0.2) is 0 Å². The summed E-state index contributed by atoms with van der Waals surface area (Å²) >= 11 is 0. The molecule has 2 N–H and O–H groups in total. The highest BCUT2D eigenvalue weighted by Crippen LogP contribution is 2.38. The van der Waals surface area contributed by atoms with Gasteiger partial charge in [0, 0.05) is 37.8 Å². The fraction of sp³-hybridized carbons (Fsp3) is 1.00. The predicted molar refractivity (Wildman–Crippen MR) is 77.7 cm³/mol. The smallest absolute Gasteiger partial charge is 0.0358 e. The Morgan fingerprint density at radius 3 is 2.56 bits per heavy atom. The van der Waals surface area contributed by atoms with E-state index in [2.05, 4.69) is 30.6 Å². The topological polar surface area (TPSA) is 32.5 Å². The van der Waals surface area contributed by atoms with Crippen molar-refractivity contribution >= 4 is 0 Å². The first-order chi connectivity index (χ1) is 8.64. The van der Waals surface area contributed by atoms with Gasteiger partial charge in [0.15, 0.2) is 0 Å². The van der Waals surface area contributed by atoms with Crippen molar-refractivity contribution in [2.75, 3.05) is 32.7 Å². The third kappa shape index (κ3) is 2.45. The molecule has 0 spiro atoms. The van der Waals surface area contributed by atoms with Gasteiger partial charge in [-0.3, -0.25) is 9.80 Å². The van der Waals surface area contributed by atoms with Gasteiger partial charge in [-0.2, -0.15) is 0 Å². The molecule has 3 heteroatoms. The van der Waals surface area contributed by atoms with Gasteiger partial charge in [0.2, 0.25) is 0 Å². The zero-order valence-corrected chi connectivity index (χ0v) is 12.5. The van der Waals surface area contributed by atoms with Crippen molar-refractivity contribution < 1.29 is 0 Å². The van der Waals surface area contributed by atoms with Crippen LogP contribution in [0.1, 0.15) is 46.5 Å². The molecule has 106 valence electrons. The maximum absolute atomic E-state index is 6.22. The van der Waals surface area contributed by atoms with E-state index in [4.69, 9.17) is 5.73 Å². The average molecular weight is 253 g/mol. The minimum atomic E-state index is 0.298. The average Bonchev–Trinajstić information content (AvgIpc) is 2.39. The Labute approximate surface area is 113 Å². The van der Waals surface area contributed by atoms with Crippen LogP contribution in [-0.2, 0) is 0 Å². The van der Waals surface area contributed by atoms with Gasteiger partial charge in [0.05, 0.1) is 0 Å². The van der Waals surface area contributed by atoms with Crippen LogP contribution in [0.3, 0.4) is 0 Å². The highest BCUT2D eigenvalue weighted by Gasteiger charge is 2.43. The number of piperazine rings is 1. The van der Waals surface area contributed by atoms with Gasteiger partial charge in [0.1, 0.15) is 0 Å². The fourth-order valence-corrected chi connectivity index (χ4v) is 4.17. The summed E-state index contributed by atoms with van der Waals surface area (Å²) in [7, 11) is 0. The summed E-state index contributed by atoms with van der Waals surface area (Å²) in [5.41, 5.74) is 6.51.